The molecule has 0 aliphatic heterocycles. The Morgan fingerprint density at radius 1 is 1.20 bits per heavy atom. The fourth-order valence-electron chi connectivity index (χ4n) is 3.24. The summed E-state index contributed by atoms with van der Waals surface area (Å²) in [5, 5.41) is 0. The molecule has 2 unspecified atom stereocenters. The molecule has 0 amide bonds. The van der Waals surface area contributed by atoms with E-state index in [0.29, 0.717) is 18.3 Å². The average Bonchev–Trinajstić information content (AvgIpc) is 2.72. The zero-order valence-corrected chi connectivity index (χ0v) is 12.4. The van der Waals surface area contributed by atoms with Gasteiger partial charge in [-0.25, -0.2) is 0 Å². The lowest BCUT2D eigenvalue weighted by Gasteiger charge is -2.25. The monoisotopic (exact) mass is 276 g/mol. The van der Waals surface area contributed by atoms with E-state index < -0.39 is 0 Å². The summed E-state index contributed by atoms with van der Waals surface area (Å²) in [5.41, 5.74) is 1.29. The molecule has 0 radical (unpaired) electrons. The van der Waals surface area contributed by atoms with Crippen molar-refractivity contribution in [1.29, 1.82) is 0 Å². The Morgan fingerprint density at radius 2 is 2.00 bits per heavy atom. The number of esters is 1. The second kappa shape index (κ2) is 7.32. The number of methoxy groups -OCH3 is 2. The minimum absolute atomic E-state index is 0.0928. The van der Waals surface area contributed by atoms with Gasteiger partial charge in [0.05, 0.1) is 14.2 Å². The maximum absolute atomic E-state index is 11.6. The zero-order valence-electron chi connectivity index (χ0n) is 12.4. The van der Waals surface area contributed by atoms with E-state index in [4.69, 9.17) is 9.47 Å². The van der Waals surface area contributed by atoms with Gasteiger partial charge in [0.25, 0.3) is 0 Å². The third kappa shape index (κ3) is 3.75. The van der Waals surface area contributed by atoms with Crippen molar-refractivity contribution in [3.63, 3.8) is 0 Å². The maximum atomic E-state index is 11.6. The molecule has 110 valence electrons. The molecule has 3 nitrogen and oxygen atoms in total. The van der Waals surface area contributed by atoms with E-state index in [9.17, 15) is 4.79 Å². The predicted molar refractivity (Wildman–Crippen MR) is 78.9 cm³/mol. The topological polar surface area (TPSA) is 35.5 Å². The Kier molecular flexibility index (Phi) is 5.45. The molecule has 1 aromatic carbocycles. The van der Waals surface area contributed by atoms with E-state index in [2.05, 4.69) is 12.1 Å². The molecule has 1 aliphatic carbocycles. The maximum Gasteiger partial charge on any atom is 0.305 e. The lowest BCUT2D eigenvalue weighted by atomic mass is 9.80. The van der Waals surface area contributed by atoms with Crippen LogP contribution in [0.15, 0.2) is 24.3 Å². The summed E-state index contributed by atoms with van der Waals surface area (Å²) in [7, 11) is 3.16. The first-order valence-corrected chi connectivity index (χ1v) is 7.45. The molecule has 0 bridgehead atoms. The highest BCUT2D eigenvalue weighted by Gasteiger charge is 2.27. The highest BCUT2D eigenvalue weighted by atomic mass is 16.5. The first-order valence-electron chi connectivity index (χ1n) is 7.45. The van der Waals surface area contributed by atoms with Crippen molar-refractivity contribution in [2.75, 3.05) is 14.2 Å². The van der Waals surface area contributed by atoms with E-state index >= 15 is 0 Å². The van der Waals surface area contributed by atoms with Crippen LogP contribution in [-0.2, 0) is 9.53 Å². The van der Waals surface area contributed by atoms with Gasteiger partial charge in [-0.2, -0.15) is 0 Å². The fraction of sp³-hybridized carbons (Fsp3) is 0.588. The quantitative estimate of drug-likeness (QED) is 0.617. The van der Waals surface area contributed by atoms with Crippen molar-refractivity contribution in [1.82, 2.24) is 0 Å². The smallest absolute Gasteiger partial charge is 0.305 e. The van der Waals surface area contributed by atoms with Gasteiger partial charge in [0.1, 0.15) is 5.75 Å². The molecule has 0 aromatic heterocycles. The summed E-state index contributed by atoms with van der Waals surface area (Å²) in [6.45, 7) is 0. The molecule has 1 aliphatic rings. The number of hydrogen-bond donors (Lipinski definition) is 0. The number of carbonyl (C=O) groups is 1. The number of benzene rings is 1. The number of ether oxygens (including phenoxy) is 2. The first-order chi connectivity index (χ1) is 9.74. The van der Waals surface area contributed by atoms with Crippen LogP contribution in [0.1, 0.15) is 50.0 Å². The van der Waals surface area contributed by atoms with Crippen molar-refractivity contribution in [3.05, 3.63) is 29.8 Å². The fourth-order valence-corrected chi connectivity index (χ4v) is 3.24. The van der Waals surface area contributed by atoms with E-state index in [-0.39, 0.29) is 5.97 Å². The van der Waals surface area contributed by atoms with Crippen LogP contribution >= 0.6 is 0 Å². The molecule has 1 aromatic rings. The van der Waals surface area contributed by atoms with Crippen molar-refractivity contribution >= 4 is 5.97 Å². The van der Waals surface area contributed by atoms with Crippen LogP contribution in [0.4, 0.5) is 0 Å². The first kappa shape index (κ1) is 14.9. The van der Waals surface area contributed by atoms with Gasteiger partial charge in [-0.05, 0) is 42.4 Å². The number of carbonyl (C=O) groups excluding carboxylic acids is 1. The van der Waals surface area contributed by atoms with Gasteiger partial charge in [0.2, 0.25) is 0 Å². The van der Waals surface area contributed by atoms with Gasteiger partial charge in [-0.3, -0.25) is 4.79 Å². The summed E-state index contributed by atoms with van der Waals surface area (Å²) in [5.74, 6) is 1.62. The van der Waals surface area contributed by atoms with Gasteiger partial charge in [0, 0.05) is 6.42 Å². The highest BCUT2D eigenvalue weighted by molar-refractivity contribution is 5.69. The minimum atomic E-state index is -0.0928. The molecule has 3 heteroatoms. The van der Waals surface area contributed by atoms with Crippen LogP contribution < -0.4 is 4.74 Å². The summed E-state index contributed by atoms with van der Waals surface area (Å²) in [4.78, 5) is 11.6. The predicted octanol–water partition coefficient (Wildman–Crippen LogP) is 3.92. The van der Waals surface area contributed by atoms with Crippen molar-refractivity contribution < 1.29 is 14.3 Å². The van der Waals surface area contributed by atoms with Crippen molar-refractivity contribution in [2.45, 2.75) is 44.4 Å². The molecule has 20 heavy (non-hydrogen) atoms. The summed E-state index contributed by atoms with van der Waals surface area (Å²) in [6, 6.07) is 8.27. The van der Waals surface area contributed by atoms with Crippen LogP contribution in [0.5, 0.6) is 5.75 Å². The summed E-state index contributed by atoms with van der Waals surface area (Å²) < 4.78 is 10.2. The highest BCUT2D eigenvalue weighted by Crippen LogP contribution is 2.39. The molecule has 2 rings (SSSR count). The summed E-state index contributed by atoms with van der Waals surface area (Å²) >= 11 is 0. The van der Waals surface area contributed by atoms with Crippen molar-refractivity contribution in [2.24, 2.45) is 5.92 Å². The van der Waals surface area contributed by atoms with Crippen LogP contribution in [0.2, 0.25) is 0 Å². The molecule has 0 heterocycles. The Labute approximate surface area is 121 Å². The van der Waals surface area contributed by atoms with Gasteiger partial charge in [-0.15, -0.1) is 0 Å². The lowest BCUT2D eigenvalue weighted by Crippen LogP contribution is -2.17. The van der Waals surface area contributed by atoms with Crippen molar-refractivity contribution in [3.8, 4) is 5.75 Å². The molecule has 0 spiro atoms. The molecule has 1 fully saturated rings. The normalized spacial score (nSPS) is 22.9. The molecular formula is C17H24O3. The Bertz CT molecular complexity index is 442. The Hall–Kier alpha value is -1.51. The minimum Gasteiger partial charge on any atom is -0.497 e. The third-order valence-corrected chi connectivity index (χ3v) is 4.34. The standard InChI is InChI=1S/C17H24O3/c1-19-15-9-6-8-13(11-15)16-10-5-3-4-7-14(16)12-17(18)20-2/h6,8-9,11,14,16H,3-5,7,10,12H2,1-2H3. The van der Waals surface area contributed by atoms with Gasteiger partial charge in [0.15, 0.2) is 0 Å². The van der Waals surface area contributed by atoms with Crippen LogP contribution in [0.3, 0.4) is 0 Å². The van der Waals surface area contributed by atoms with Crippen LogP contribution in [0.25, 0.3) is 0 Å². The SMILES string of the molecule is COC(=O)CC1CCCCCC1c1cccc(OC)c1. The van der Waals surface area contributed by atoms with Crippen LogP contribution in [0, 0.1) is 5.92 Å². The van der Waals surface area contributed by atoms with E-state index in [1.54, 1.807) is 7.11 Å². The second-order valence-electron chi connectivity index (χ2n) is 5.56. The van der Waals surface area contributed by atoms with E-state index in [1.807, 2.05) is 12.1 Å². The van der Waals surface area contributed by atoms with Gasteiger partial charge < -0.3 is 9.47 Å². The van der Waals surface area contributed by atoms with E-state index in [0.717, 1.165) is 18.6 Å². The number of hydrogen-bond acceptors (Lipinski definition) is 3. The molecule has 2 atom stereocenters. The zero-order chi connectivity index (χ0) is 14.4. The molecule has 0 saturated heterocycles. The largest absolute Gasteiger partial charge is 0.497 e. The van der Waals surface area contributed by atoms with E-state index in [1.165, 1.54) is 31.9 Å². The van der Waals surface area contributed by atoms with Gasteiger partial charge >= 0.3 is 5.97 Å². The second-order valence-corrected chi connectivity index (χ2v) is 5.56. The third-order valence-electron chi connectivity index (χ3n) is 4.34. The average molecular weight is 276 g/mol. The molecule has 0 N–H and O–H groups in total. The number of rotatable bonds is 4. The summed E-state index contributed by atoms with van der Waals surface area (Å²) in [6.07, 6.45) is 6.49. The van der Waals surface area contributed by atoms with Gasteiger partial charge in [-0.1, -0.05) is 31.4 Å². The molecular weight excluding hydrogens is 252 g/mol. The Balaban J connectivity index is 2.20. The molecule has 1 saturated carbocycles. The Morgan fingerprint density at radius 3 is 2.75 bits per heavy atom. The lowest BCUT2D eigenvalue weighted by molar-refractivity contribution is -0.142. The van der Waals surface area contributed by atoms with Crippen LogP contribution in [-0.4, -0.2) is 20.2 Å².